The molecule has 1 aromatic carbocycles. The summed E-state index contributed by atoms with van der Waals surface area (Å²) in [7, 11) is 0. The molecule has 5 heteroatoms. The molecule has 0 bridgehead atoms. The summed E-state index contributed by atoms with van der Waals surface area (Å²) in [6.45, 7) is 0. The molecule has 1 unspecified atom stereocenters. The Morgan fingerprint density at radius 2 is 2.13 bits per heavy atom. The Labute approximate surface area is 91.4 Å². The van der Waals surface area contributed by atoms with Crippen molar-refractivity contribution in [2.75, 3.05) is 5.32 Å². The molecular weight excluding hydrogens is 212 g/mol. The van der Waals surface area contributed by atoms with E-state index in [1.807, 2.05) is 30.3 Å². The summed E-state index contributed by atoms with van der Waals surface area (Å²) in [5, 5.41) is 16.3. The van der Waals surface area contributed by atoms with Crippen molar-refractivity contribution in [1.29, 1.82) is 0 Å². The number of benzene rings is 1. The highest BCUT2D eigenvalue weighted by Gasteiger charge is 2.20. The second-order valence-corrected chi connectivity index (χ2v) is 3.99. The molecule has 0 radical (unpaired) electrons. The molecule has 78 valence electrons. The Morgan fingerprint density at radius 1 is 1.40 bits per heavy atom. The Kier molecular flexibility index (Phi) is 2.82. The maximum atomic E-state index is 10.6. The van der Waals surface area contributed by atoms with Gasteiger partial charge in [0, 0.05) is 11.1 Å². The molecule has 1 aromatic rings. The van der Waals surface area contributed by atoms with Gasteiger partial charge in [0.05, 0.1) is 0 Å². The summed E-state index contributed by atoms with van der Waals surface area (Å²) < 4.78 is 0. The van der Waals surface area contributed by atoms with E-state index in [1.165, 1.54) is 11.8 Å². The number of nitrogens with one attached hydrogen (secondary N) is 2. The van der Waals surface area contributed by atoms with Gasteiger partial charge >= 0.3 is 5.97 Å². The van der Waals surface area contributed by atoms with Crippen molar-refractivity contribution >= 4 is 23.4 Å². The normalized spacial score (nSPS) is 19.2. The van der Waals surface area contributed by atoms with Crippen LogP contribution in [0, 0.1) is 0 Å². The summed E-state index contributed by atoms with van der Waals surface area (Å²) >= 11 is 1.41. The first-order chi connectivity index (χ1) is 7.25. The van der Waals surface area contributed by atoms with Crippen LogP contribution in [0.4, 0.5) is 5.69 Å². The zero-order valence-corrected chi connectivity index (χ0v) is 8.62. The summed E-state index contributed by atoms with van der Waals surface area (Å²) in [5.41, 5.74) is 1.08. The van der Waals surface area contributed by atoms with Gasteiger partial charge in [-0.1, -0.05) is 30.0 Å². The van der Waals surface area contributed by atoms with E-state index >= 15 is 0 Å². The Morgan fingerprint density at radius 3 is 2.73 bits per heavy atom. The summed E-state index contributed by atoms with van der Waals surface area (Å²) in [4.78, 5) is 10.6. The number of thioether (sulfide) groups is 1. The largest absolute Gasteiger partial charge is 0.477 e. The van der Waals surface area contributed by atoms with Crippen molar-refractivity contribution in [1.82, 2.24) is 5.32 Å². The van der Waals surface area contributed by atoms with Gasteiger partial charge in [-0.05, 0) is 12.1 Å². The highest BCUT2D eigenvalue weighted by Crippen LogP contribution is 2.22. The predicted molar refractivity (Wildman–Crippen MR) is 60.3 cm³/mol. The molecule has 0 amide bonds. The van der Waals surface area contributed by atoms with E-state index in [0.717, 1.165) is 5.69 Å². The number of carboxylic acids is 1. The lowest BCUT2D eigenvalue weighted by atomic mass is 10.3. The zero-order chi connectivity index (χ0) is 10.7. The molecule has 1 aliphatic heterocycles. The molecule has 0 spiro atoms. The average Bonchev–Trinajstić information content (AvgIpc) is 2.68. The van der Waals surface area contributed by atoms with Crippen LogP contribution in [0.15, 0.2) is 41.4 Å². The minimum absolute atomic E-state index is 0.113. The highest BCUT2D eigenvalue weighted by atomic mass is 32.2. The van der Waals surface area contributed by atoms with Crippen LogP contribution in [-0.4, -0.2) is 16.6 Å². The molecule has 0 saturated heterocycles. The SMILES string of the molecule is O=C(O)C1=CSC(Nc2ccccc2)N1. The van der Waals surface area contributed by atoms with Crippen LogP contribution in [0.3, 0.4) is 0 Å². The summed E-state index contributed by atoms with van der Waals surface area (Å²) in [6.07, 6.45) is 0. The molecule has 0 aromatic heterocycles. The van der Waals surface area contributed by atoms with Crippen LogP contribution >= 0.6 is 11.8 Å². The fourth-order valence-electron chi connectivity index (χ4n) is 1.21. The third kappa shape index (κ3) is 2.44. The molecular formula is C10H10N2O2S. The topological polar surface area (TPSA) is 61.4 Å². The standard InChI is InChI=1S/C10H10N2O2S/c13-9(14)8-6-15-10(12-8)11-7-4-2-1-3-5-7/h1-6,10-12H,(H,13,14). The van der Waals surface area contributed by atoms with E-state index < -0.39 is 5.97 Å². The van der Waals surface area contributed by atoms with Gasteiger partial charge in [-0.25, -0.2) is 4.79 Å². The third-order valence-electron chi connectivity index (χ3n) is 1.91. The van der Waals surface area contributed by atoms with Crippen LogP contribution < -0.4 is 10.6 Å². The number of carbonyl (C=O) groups is 1. The van der Waals surface area contributed by atoms with Gasteiger partial charge in [-0.15, -0.1) is 0 Å². The van der Waals surface area contributed by atoms with E-state index in [0.29, 0.717) is 0 Å². The quantitative estimate of drug-likeness (QED) is 0.725. The molecule has 2 rings (SSSR count). The molecule has 0 fully saturated rings. The van der Waals surface area contributed by atoms with Crippen molar-refractivity contribution in [3.63, 3.8) is 0 Å². The first-order valence-electron chi connectivity index (χ1n) is 4.43. The lowest BCUT2D eigenvalue weighted by molar-refractivity contribution is -0.133. The molecule has 3 N–H and O–H groups in total. The second-order valence-electron chi connectivity index (χ2n) is 3.01. The molecule has 1 atom stereocenters. The number of aliphatic carboxylic acids is 1. The molecule has 1 heterocycles. The van der Waals surface area contributed by atoms with E-state index in [-0.39, 0.29) is 11.2 Å². The monoisotopic (exact) mass is 222 g/mol. The fourth-order valence-corrected chi connectivity index (χ4v) is 2.05. The van der Waals surface area contributed by atoms with Crippen LogP contribution in [0.25, 0.3) is 0 Å². The molecule has 4 nitrogen and oxygen atoms in total. The van der Waals surface area contributed by atoms with E-state index in [2.05, 4.69) is 10.6 Å². The molecule has 15 heavy (non-hydrogen) atoms. The zero-order valence-electron chi connectivity index (χ0n) is 7.81. The van der Waals surface area contributed by atoms with Gasteiger partial charge in [0.1, 0.15) is 11.2 Å². The fraction of sp³-hybridized carbons (Fsp3) is 0.100. The van der Waals surface area contributed by atoms with E-state index in [1.54, 1.807) is 5.41 Å². The number of hydrogen-bond acceptors (Lipinski definition) is 4. The molecule has 0 saturated carbocycles. The minimum atomic E-state index is -0.931. The van der Waals surface area contributed by atoms with Crippen molar-refractivity contribution in [2.24, 2.45) is 0 Å². The van der Waals surface area contributed by atoms with Crippen LogP contribution in [-0.2, 0) is 4.79 Å². The van der Waals surface area contributed by atoms with Crippen molar-refractivity contribution < 1.29 is 9.90 Å². The van der Waals surface area contributed by atoms with Gasteiger partial charge in [0.25, 0.3) is 0 Å². The number of anilines is 1. The van der Waals surface area contributed by atoms with Gasteiger partial charge in [0.2, 0.25) is 0 Å². The summed E-state index contributed by atoms with van der Waals surface area (Å²) in [5.74, 6) is -0.931. The lowest BCUT2D eigenvalue weighted by Crippen LogP contribution is -2.30. The third-order valence-corrected chi connectivity index (χ3v) is 2.79. The molecule has 1 aliphatic rings. The second kappa shape index (κ2) is 4.27. The Hall–Kier alpha value is -1.62. The van der Waals surface area contributed by atoms with E-state index in [9.17, 15) is 4.79 Å². The van der Waals surface area contributed by atoms with Crippen molar-refractivity contribution in [3.05, 3.63) is 41.4 Å². The number of carboxylic acid groups (broad SMARTS) is 1. The van der Waals surface area contributed by atoms with Gasteiger partial charge in [0.15, 0.2) is 0 Å². The Bertz CT molecular complexity index is 392. The van der Waals surface area contributed by atoms with Crippen LogP contribution in [0.2, 0.25) is 0 Å². The number of rotatable bonds is 3. The Balaban J connectivity index is 1.93. The molecule has 0 aliphatic carbocycles. The first-order valence-corrected chi connectivity index (χ1v) is 5.37. The van der Waals surface area contributed by atoms with Crippen LogP contribution in [0.1, 0.15) is 0 Å². The lowest BCUT2D eigenvalue weighted by Gasteiger charge is -2.14. The highest BCUT2D eigenvalue weighted by molar-refractivity contribution is 8.03. The van der Waals surface area contributed by atoms with Crippen LogP contribution in [0.5, 0.6) is 0 Å². The smallest absolute Gasteiger partial charge is 0.352 e. The van der Waals surface area contributed by atoms with Crippen molar-refractivity contribution in [2.45, 2.75) is 5.50 Å². The maximum Gasteiger partial charge on any atom is 0.352 e. The average molecular weight is 222 g/mol. The number of hydrogen-bond donors (Lipinski definition) is 3. The van der Waals surface area contributed by atoms with E-state index in [4.69, 9.17) is 5.11 Å². The predicted octanol–water partition coefficient (Wildman–Crippen LogP) is 1.64. The maximum absolute atomic E-state index is 10.6. The van der Waals surface area contributed by atoms with Crippen molar-refractivity contribution in [3.8, 4) is 0 Å². The summed E-state index contributed by atoms with van der Waals surface area (Å²) in [6, 6.07) is 9.64. The minimum Gasteiger partial charge on any atom is -0.477 e. The van der Waals surface area contributed by atoms with Gasteiger partial charge < -0.3 is 15.7 Å². The first kappa shape index (κ1) is 9.92. The number of para-hydroxylation sites is 1. The van der Waals surface area contributed by atoms with Gasteiger partial charge in [-0.3, -0.25) is 0 Å². The van der Waals surface area contributed by atoms with Gasteiger partial charge in [-0.2, -0.15) is 0 Å².